The van der Waals surface area contributed by atoms with Crippen LogP contribution in [-0.4, -0.2) is 36.2 Å². The zero-order valence-electron chi connectivity index (χ0n) is 33.7. The lowest BCUT2D eigenvalue weighted by Crippen LogP contribution is -2.17. The molecular weight excluding hydrogens is 675 g/mol. The Morgan fingerprint density at radius 1 is 0.588 bits per heavy atom. The molecule has 0 aliphatic carbocycles. The SMILES string of the molecule is CCCCCCCCC(S)CCSc1nc(Oc2cc(C(C)(C)C)c(O)c(C(C)(C)C)c2)nc(Oc2cc(C(C)(C)C)c(O)c(C(C)(C)C)c2)n1. The average molecular weight is 740 g/mol. The van der Waals surface area contributed by atoms with Gasteiger partial charge in [-0.15, -0.1) is 4.98 Å². The van der Waals surface area contributed by atoms with Gasteiger partial charge < -0.3 is 19.7 Å². The van der Waals surface area contributed by atoms with E-state index < -0.39 is 0 Å². The normalized spacial score (nSPS) is 13.4. The van der Waals surface area contributed by atoms with Gasteiger partial charge in [0.25, 0.3) is 0 Å². The molecule has 2 N–H and O–H groups in total. The molecule has 0 saturated heterocycles. The van der Waals surface area contributed by atoms with Crippen molar-refractivity contribution in [3.63, 3.8) is 0 Å². The first-order chi connectivity index (χ1) is 23.5. The zero-order valence-corrected chi connectivity index (χ0v) is 35.4. The summed E-state index contributed by atoms with van der Waals surface area (Å²) in [6.45, 7) is 27.1. The van der Waals surface area contributed by atoms with Crippen LogP contribution in [0.2, 0.25) is 0 Å². The predicted octanol–water partition coefficient (Wildman–Crippen LogP) is 12.6. The Balaban J connectivity index is 2.00. The Morgan fingerprint density at radius 3 is 1.33 bits per heavy atom. The van der Waals surface area contributed by atoms with Gasteiger partial charge in [-0.3, -0.25) is 0 Å². The summed E-state index contributed by atoms with van der Waals surface area (Å²) >= 11 is 6.42. The molecule has 0 amide bonds. The molecule has 3 rings (SSSR count). The number of hydrogen-bond donors (Lipinski definition) is 3. The molecular formula is C42H65N3O4S2. The number of thioether (sulfide) groups is 1. The molecule has 1 atom stereocenters. The summed E-state index contributed by atoms with van der Waals surface area (Å²) in [7, 11) is 0. The van der Waals surface area contributed by atoms with Gasteiger partial charge in [0, 0.05) is 33.3 Å². The summed E-state index contributed by atoms with van der Waals surface area (Å²) < 4.78 is 12.8. The monoisotopic (exact) mass is 739 g/mol. The highest BCUT2D eigenvalue weighted by molar-refractivity contribution is 7.99. The Labute approximate surface area is 318 Å². The van der Waals surface area contributed by atoms with Gasteiger partial charge >= 0.3 is 12.0 Å². The van der Waals surface area contributed by atoms with E-state index in [1.54, 1.807) is 0 Å². The fourth-order valence-electron chi connectivity index (χ4n) is 5.90. The summed E-state index contributed by atoms with van der Waals surface area (Å²) in [5.41, 5.74) is 1.81. The molecule has 2 aromatic carbocycles. The first-order valence-electron chi connectivity index (χ1n) is 18.7. The number of thiol groups is 1. The number of phenolic OH excluding ortho intramolecular Hbond substituents is 2. The second-order valence-corrected chi connectivity index (χ2v) is 19.8. The largest absolute Gasteiger partial charge is 0.507 e. The molecule has 0 radical (unpaired) electrons. The number of aromatic nitrogens is 3. The molecule has 7 nitrogen and oxygen atoms in total. The van der Waals surface area contributed by atoms with Crippen LogP contribution in [0.1, 0.15) is 164 Å². The third-order valence-electron chi connectivity index (χ3n) is 8.96. The van der Waals surface area contributed by atoms with Gasteiger partial charge in [-0.05, 0) is 58.8 Å². The van der Waals surface area contributed by atoms with Crippen molar-refractivity contribution in [2.45, 2.75) is 173 Å². The summed E-state index contributed by atoms with van der Waals surface area (Å²) in [6, 6.07) is 7.66. The fraction of sp³-hybridized carbons (Fsp3) is 0.643. The number of nitrogens with zero attached hydrogens (tertiary/aromatic N) is 3. The van der Waals surface area contributed by atoms with Crippen LogP contribution in [0.5, 0.6) is 35.0 Å². The standard InChI is InChI=1S/C42H65N3O4S2/c1-14-15-16-17-18-19-20-29(50)21-22-51-38-44-36(48-27-23-30(39(2,3)4)34(46)31(24-27)40(5,6)7)43-37(45-38)49-28-25-32(41(8,9)10)35(47)33(26-28)42(11,12)13/h23-26,29,46-47,50H,14-22H2,1-13H3. The molecule has 0 fully saturated rings. The number of aromatic hydroxyl groups is 2. The van der Waals surface area contributed by atoms with E-state index in [9.17, 15) is 10.2 Å². The van der Waals surface area contributed by atoms with Crippen LogP contribution in [-0.2, 0) is 21.7 Å². The van der Waals surface area contributed by atoms with Crippen molar-refractivity contribution in [2.75, 3.05) is 5.75 Å². The van der Waals surface area contributed by atoms with Crippen LogP contribution in [0.15, 0.2) is 29.4 Å². The second-order valence-electron chi connectivity index (χ2n) is 18.0. The summed E-state index contributed by atoms with van der Waals surface area (Å²) in [5.74, 6) is 2.39. The van der Waals surface area contributed by atoms with Crippen molar-refractivity contribution < 1.29 is 19.7 Å². The molecule has 51 heavy (non-hydrogen) atoms. The van der Waals surface area contributed by atoms with E-state index >= 15 is 0 Å². The minimum atomic E-state index is -0.328. The summed E-state index contributed by atoms with van der Waals surface area (Å²) in [4.78, 5) is 14.1. The number of benzene rings is 2. The molecule has 1 aromatic heterocycles. The molecule has 9 heteroatoms. The number of ether oxygens (including phenoxy) is 2. The van der Waals surface area contributed by atoms with Gasteiger partial charge in [-0.1, -0.05) is 140 Å². The minimum Gasteiger partial charge on any atom is -0.507 e. The summed E-state index contributed by atoms with van der Waals surface area (Å²) in [5, 5.41) is 23.4. The number of hydrogen-bond acceptors (Lipinski definition) is 9. The van der Waals surface area contributed by atoms with Crippen LogP contribution in [0.3, 0.4) is 0 Å². The molecule has 0 spiro atoms. The quantitative estimate of drug-likeness (QED) is 0.0805. The van der Waals surface area contributed by atoms with Gasteiger partial charge in [0.2, 0.25) is 0 Å². The van der Waals surface area contributed by atoms with E-state index in [-0.39, 0.29) is 45.2 Å². The van der Waals surface area contributed by atoms with Gasteiger partial charge in [0.1, 0.15) is 23.0 Å². The lowest BCUT2D eigenvalue weighted by atomic mass is 9.79. The molecule has 1 heterocycles. The maximum atomic E-state index is 11.3. The van der Waals surface area contributed by atoms with Crippen LogP contribution in [0.25, 0.3) is 0 Å². The minimum absolute atomic E-state index is 0.105. The van der Waals surface area contributed by atoms with E-state index in [1.807, 2.05) is 24.3 Å². The zero-order chi connectivity index (χ0) is 38.4. The lowest BCUT2D eigenvalue weighted by molar-refractivity contribution is 0.376. The lowest BCUT2D eigenvalue weighted by Gasteiger charge is -2.28. The molecule has 0 saturated carbocycles. The van der Waals surface area contributed by atoms with E-state index in [0.29, 0.717) is 21.9 Å². The van der Waals surface area contributed by atoms with Crippen molar-refractivity contribution in [1.82, 2.24) is 15.0 Å². The van der Waals surface area contributed by atoms with Crippen LogP contribution in [0.4, 0.5) is 0 Å². The van der Waals surface area contributed by atoms with Crippen molar-refractivity contribution in [2.24, 2.45) is 0 Å². The molecule has 284 valence electrons. The third kappa shape index (κ3) is 12.8. The molecule has 3 aromatic rings. The molecule has 1 unspecified atom stereocenters. The van der Waals surface area contributed by atoms with Crippen molar-refractivity contribution >= 4 is 24.4 Å². The maximum absolute atomic E-state index is 11.3. The van der Waals surface area contributed by atoms with Crippen LogP contribution in [0, 0.1) is 0 Å². The maximum Gasteiger partial charge on any atom is 0.329 e. The van der Waals surface area contributed by atoms with Crippen molar-refractivity contribution in [1.29, 1.82) is 0 Å². The topological polar surface area (TPSA) is 97.6 Å². The highest BCUT2D eigenvalue weighted by Gasteiger charge is 2.29. The van der Waals surface area contributed by atoms with Gasteiger partial charge in [-0.2, -0.15) is 22.6 Å². The highest BCUT2D eigenvalue weighted by Crippen LogP contribution is 2.44. The van der Waals surface area contributed by atoms with Gasteiger partial charge in [0.05, 0.1) is 0 Å². The Morgan fingerprint density at radius 2 is 0.961 bits per heavy atom. The Hall–Kier alpha value is -2.65. The van der Waals surface area contributed by atoms with E-state index in [0.717, 1.165) is 40.8 Å². The van der Waals surface area contributed by atoms with Crippen molar-refractivity contribution in [3.8, 4) is 35.0 Å². The number of phenols is 2. The van der Waals surface area contributed by atoms with E-state index in [4.69, 9.17) is 32.1 Å². The summed E-state index contributed by atoms with van der Waals surface area (Å²) in [6.07, 6.45) is 9.66. The smallest absolute Gasteiger partial charge is 0.329 e. The van der Waals surface area contributed by atoms with Crippen LogP contribution < -0.4 is 9.47 Å². The third-order valence-corrected chi connectivity index (χ3v) is 10.4. The Bertz CT molecular complexity index is 1430. The van der Waals surface area contributed by atoms with Crippen LogP contribution >= 0.6 is 24.4 Å². The molecule has 0 bridgehead atoms. The number of rotatable bonds is 15. The second kappa shape index (κ2) is 17.5. The fourth-order valence-corrected chi connectivity index (χ4v) is 7.26. The predicted molar refractivity (Wildman–Crippen MR) is 217 cm³/mol. The van der Waals surface area contributed by atoms with Gasteiger partial charge in [0.15, 0.2) is 5.16 Å². The molecule has 0 aliphatic rings. The highest BCUT2D eigenvalue weighted by atomic mass is 32.2. The first kappa shape index (κ1) is 42.8. The van der Waals surface area contributed by atoms with E-state index in [1.165, 1.54) is 50.3 Å². The first-order valence-corrected chi connectivity index (χ1v) is 20.2. The van der Waals surface area contributed by atoms with Crippen molar-refractivity contribution in [3.05, 3.63) is 46.5 Å². The Kier molecular flexibility index (Phi) is 14.6. The van der Waals surface area contributed by atoms with Gasteiger partial charge in [-0.25, -0.2) is 0 Å². The number of unbranched alkanes of at least 4 members (excludes halogenated alkanes) is 5. The van der Waals surface area contributed by atoms with E-state index in [2.05, 4.69) is 95.0 Å². The molecule has 0 aliphatic heterocycles. The average Bonchev–Trinajstić information content (AvgIpc) is 2.98.